The molecule has 0 spiro atoms. The largest absolute Gasteiger partial charge is 0.328 e. The van der Waals surface area contributed by atoms with E-state index in [1.54, 1.807) is 6.92 Å². The molecule has 0 aliphatic carbocycles. The lowest BCUT2D eigenvalue weighted by Gasteiger charge is -2.28. The van der Waals surface area contributed by atoms with Gasteiger partial charge in [-0.3, -0.25) is 13.9 Å². The molecule has 0 aromatic heterocycles. The third-order valence-electron chi connectivity index (χ3n) is 5.01. The van der Waals surface area contributed by atoms with Crippen LogP contribution in [0.4, 0.5) is 0 Å². The van der Waals surface area contributed by atoms with Crippen molar-refractivity contribution in [1.29, 1.82) is 0 Å². The molecule has 28 heavy (non-hydrogen) atoms. The summed E-state index contributed by atoms with van der Waals surface area (Å²) in [5.41, 5.74) is 2.23. The van der Waals surface area contributed by atoms with E-state index >= 15 is 0 Å². The van der Waals surface area contributed by atoms with E-state index in [0.717, 1.165) is 5.56 Å². The fraction of sp³-hybridized carbons (Fsp3) is 0.609. The maximum atomic E-state index is 12.8. The van der Waals surface area contributed by atoms with Crippen molar-refractivity contribution in [3.63, 3.8) is 0 Å². The molecular formula is C23H37O4P. The first-order valence-electron chi connectivity index (χ1n) is 9.76. The number of hydrogen-bond donors (Lipinski definition) is 0. The van der Waals surface area contributed by atoms with Crippen molar-refractivity contribution < 1.29 is 18.4 Å². The summed E-state index contributed by atoms with van der Waals surface area (Å²) in [7, 11) is -1.95. The van der Waals surface area contributed by atoms with Crippen LogP contribution in [-0.2, 0) is 29.2 Å². The molecule has 0 heterocycles. The van der Waals surface area contributed by atoms with Crippen LogP contribution in [0.15, 0.2) is 24.3 Å². The van der Waals surface area contributed by atoms with E-state index in [2.05, 4.69) is 59.7 Å². The van der Waals surface area contributed by atoms with Crippen LogP contribution in [0.25, 0.3) is 6.08 Å². The summed E-state index contributed by atoms with van der Waals surface area (Å²) >= 11 is 0. The molecule has 0 aliphatic rings. The fourth-order valence-corrected chi connectivity index (χ4v) is 3.67. The highest BCUT2D eigenvalue weighted by Gasteiger charge is 2.36. The lowest BCUT2D eigenvalue weighted by molar-refractivity contribution is -0.128. The molecule has 0 saturated heterocycles. The first-order valence-corrected chi connectivity index (χ1v) is 11.8. The molecule has 1 aromatic rings. The number of carbonyl (C=O) groups is 1. The predicted octanol–water partition coefficient (Wildman–Crippen LogP) is 6.52. The molecule has 0 bridgehead atoms. The number of rotatable bonds is 7. The molecule has 0 amide bonds. The van der Waals surface area contributed by atoms with Crippen LogP contribution in [0.3, 0.4) is 0 Å². The van der Waals surface area contributed by atoms with Crippen molar-refractivity contribution in [3.05, 3.63) is 41.0 Å². The van der Waals surface area contributed by atoms with Crippen molar-refractivity contribution >= 4 is 19.5 Å². The quantitative estimate of drug-likeness (QED) is 0.381. The Morgan fingerprint density at radius 2 is 1.46 bits per heavy atom. The van der Waals surface area contributed by atoms with Gasteiger partial charge in [0.15, 0.2) is 5.78 Å². The van der Waals surface area contributed by atoms with Gasteiger partial charge in [-0.2, -0.15) is 0 Å². The summed E-state index contributed by atoms with van der Waals surface area (Å²) in [5, 5.41) is 0. The predicted molar refractivity (Wildman–Crippen MR) is 118 cm³/mol. The van der Waals surface area contributed by atoms with Crippen molar-refractivity contribution in [1.82, 2.24) is 0 Å². The first-order chi connectivity index (χ1) is 12.5. The lowest BCUT2D eigenvalue weighted by Crippen LogP contribution is -2.35. The highest BCUT2D eigenvalue weighted by Crippen LogP contribution is 2.48. The zero-order valence-electron chi connectivity index (χ0n) is 19.2. The maximum Gasteiger partial charge on any atom is 0.328 e. The molecular weight excluding hydrogens is 371 g/mol. The fourth-order valence-electron chi connectivity index (χ4n) is 2.65. The van der Waals surface area contributed by atoms with Gasteiger partial charge in [-0.25, -0.2) is 0 Å². The van der Waals surface area contributed by atoms with Gasteiger partial charge < -0.3 is 4.52 Å². The summed E-state index contributed by atoms with van der Waals surface area (Å²) in [6, 6.07) is 6.47. The lowest BCUT2D eigenvalue weighted by atomic mass is 9.79. The van der Waals surface area contributed by atoms with Gasteiger partial charge in [-0.1, -0.05) is 72.7 Å². The Kier molecular flexibility index (Phi) is 7.67. The van der Waals surface area contributed by atoms with Crippen molar-refractivity contribution in [2.45, 2.75) is 78.2 Å². The second-order valence-electron chi connectivity index (χ2n) is 9.67. The maximum absolute atomic E-state index is 12.8. The zero-order chi connectivity index (χ0) is 22.0. The number of carbonyl (C=O) groups excluding carboxylic acids is 1. The van der Waals surface area contributed by atoms with E-state index in [0.29, 0.717) is 6.42 Å². The minimum Gasteiger partial charge on any atom is -0.312 e. The Morgan fingerprint density at radius 3 is 1.82 bits per heavy atom. The minimum atomic E-state index is -3.28. The van der Waals surface area contributed by atoms with E-state index in [4.69, 9.17) is 9.05 Å². The molecule has 0 aliphatic heterocycles. The average molecular weight is 409 g/mol. The van der Waals surface area contributed by atoms with Crippen LogP contribution >= 0.6 is 7.60 Å². The van der Waals surface area contributed by atoms with Gasteiger partial charge in [0, 0.05) is 13.8 Å². The van der Waals surface area contributed by atoms with Gasteiger partial charge in [0.1, 0.15) is 5.60 Å². The van der Waals surface area contributed by atoms with Gasteiger partial charge in [0.05, 0.1) is 0 Å². The van der Waals surface area contributed by atoms with Gasteiger partial charge >= 0.3 is 7.60 Å². The third-order valence-corrected chi connectivity index (χ3v) is 6.41. The molecule has 0 N–H and O–H groups in total. The Labute approximate surface area is 171 Å². The number of ketones is 1. The van der Waals surface area contributed by atoms with Gasteiger partial charge in [-0.15, -0.1) is 0 Å². The van der Waals surface area contributed by atoms with Gasteiger partial charge in [-0.05, 0) is 46.9 Å². The molecule has 2 unspecified atom stereocenters. The van der Waals surface area contributed by atoms with Crippen molar-refractivity contribution in [2.24, 2.45) is 0 Å². The summed E-state index contributed by atoms with van der Waals surface area (Å²) in [4.78, 5) is 12.8. The zero-order valence-corrected chi connectivity index (χ0v) is 20.1. The Morgan fingerprint density at radius 1 is 1.00 bits per heavy atom. The summed E-state index contributed by atoms with van der Waals surface area (Å²) in [6.07, 6.45) is 3.73. The summed E-state index contributed by atoms with van der Waals surface area (Å²) in [6.45, 7) is 17.9. The van der Waals surface area contributed by atoms with E-state index in [1.807, 2.05) is 13.0 Å². The minimum absolute atomic E-state index is 0.00220. The topological polar surface area (TPSA) is 52.6 Å². The Balaban J connectivity index is 3.29. The molecule has 0 radical (unpaired) electrons. The molecule has 0 saturated carbocycles. The summed E-state index contributed by atoms with van der Waals surface area (Å²) < 4.78 is 22.7. The second-order valence-corrected chi connectivity index (χ2v) is 11.8. The van der Waals surface area contributed by atoms with Crippen LogP contribution in [0, 0.1) is 0 Å². The van der Waals surface area contributed by atoms with Gasteiger partial charge in [0.25, 0.3) is 0 Å². The van der Waals surface area contributed by atoms with E-state index in [-0.39, 0.29) is 16.6 Å². The van der Waals surface area contributed by atoms with Crippen LogP contribution in [0.5, 0.6) is 0 Å². The molecule has 4 nitrogen and oxygen atoms in total. The Bertz CT molecular complexity index is 749. The van der Waals surface area contributed by atoms with Crippen LogP contribution in [-0.4, -0.2) is 25.2 Å². The molecule has 5 heteroatoms. The SMILES string of the molecule is CCC(C)(OP(C)(=O)OC)C(=O)C=Cc1cc(C(C)(C)C)cc(C(C)(C)C)c1. The monoisotopic (exact) mass is 408 g/mol. The molecule has 1 aromatic carbocycles. The molecule has 0 fully saturated rings. The molecule has 2 atom stereocenters. The standard InChI is InChI=1S/C23H37O4P/c1-11-23(8,27-28(10,25)26-9)20(24)13-12-17-14-18(21(2,3)4)16-19(15-17)22(5,6)7/h12-16H,11H2,1-10H3. The van der Waals surface area contributed by atoms with Crippen LogP contribution in [0.2, 0.25) is 0 Å². The molecule has 1 rings (SSSR count). The highest BCUT2D eigenvalue weighted by atomic mass is 31.2. The smallest absolute Gasteiger partial charge is 0.312 e. The Hall–Kier alpha value is -1.22. The highest BCUT2D eigenvalue weighted by molar-refractivity contribution is 7.53. The first kappa shape index (κ1) is 24.8. The van der Waals surface area contributed by atoms with E-state index in [1.165, 1.54) is 31.0 Å². The normalized spacial score (nSPS) is 17.4. The van der Waals surface area contributed by atoms with Gasteiger partial charge in [0.2, 0.25) is 0 Å². The average Bonchev–Trinajstić information content (AvgIpc) is 2.57. The van der Waals surface area contributed by atoms with Crippen molar-refractivity contribution in [2.75, 3.05) is 13.8 Å². The third kappa shape index (κ3) is 6.69. The molecule has 158 valence electrons. The van der Waals surface area contributed by atoms with E-state index < -0.39 is 13.2 Å². The second kappa shape index (κ2) is 8.65. The van der Waals surface area contributed by atoms with Crippen LogP contribution < -0.4 is 0 Å². The summed E-state index contributed by atoms with van der Waals surface area (Å²) in [5.74, 6) is -0.229. The number of hydrogen-bond acceptors (Lipinski definition) is 4. The van der Waals surface area contributed by atoms with E-state index in [9.17, 15) is 9.36 Å². The van der Waals surface area contributed by atoms with Crippen LogP contribution in [0.1, 0.15) is 78.5 Å². The van der Waals surface area contributed by atoms with Crippen molar-refractivity contribution in [3.8, 4) is 0 Å². The number of benzene rings is 1.